The lowest BCUT2D eigenvalue weighted by Crippen LogP contribution is -2.42. The van der Waals surface area contributed by atoms with E-state index in [1.54, 1.807) is 16.4 Å². The number of sulfonamides is 1. The molecule has 1 amide bonds. The normalized spacial score (nSPS) is 21.4. The van der Waals surface area contributed by atoms with Crippen molar-refractivity contribution in [1.29, 1.82) is 0 Å². The van der Waals surface area contributed by atoms with Crippen LogP contribution in [0.15, 0.2) is 47.4 Å². The van der Waals surface area contributed by atoms with Crippen LogP contribution in [0.3, 0.4) is 0 Å². The SMILES string of the molecule is C[C@@H]1C[C@@H](C)CN(S(=O)(=O)c2ccc(C(=O)NCc3ccc4c(c3)OCO4)cc2)C1. The Morgan fingerprint density at radius 1 is 1.03 bits per heavy atom. The van der Waals surface area contributed by atoms with E-state index in [1.165, 1.54) is 12.1 Å². The third kappa shape index (κ3) is 4.29. The van der Waals surface area contributed by atoms with Gasteiger partial charge in [-0.1, -0.05) is 19.9 Å². The number of hydrogen-bond acceptors (Lipinski definition) is 5. The molecule has 2 aliphatic rings. The van der Waals surface area contributed by atoms with Crippen LogP contribution in [0.2, 0.25) is 0 Å². The van der Waals surface area contributed by atoms with Gasteiger partial charge in [0.1, 0.15) is 0 Å². The van der Waals surface area contributed by atoms with Crippen LogP contribution in [0.5, 0.6) is 11.5 Å². The Morgan fingerprint density at radius 3 is 2.40 bits per heavy atom. The number of carbonyl (C=O) groups excluding carboxylic acids is 1. The van der Waals surface area contributed by atoms with Crippen LogP contribution in [0.25, 0.3) is 0 Å². The highest BCUT2D eigenvalue weighted by Crippen LogP contribution is 2.32. The Bertz CT molecular complexity index is 1030. The molecule has 0 aliphatic carbocycles. The standard InChI is InChI=1S/C22H26N2O5S/c1-15-9-16(2)13-24(12-15)30(26,27)19-6-4-18(5-7-19)22(25)23-11-17-3-8-20-21(10-17)29-14-28-20/h3-8,10,15-16H,9,11-14H2,1-2H3,(H,23,25)/t15-,16-/m1/s1. The Hall–Kier alpha value is -2.58. The number of benzene rings is 2. The molecule has 0 unspecified atom stereocenters. The van der Waals surface area contributed by atoms with Crippen LogP contribution in [0.4, 0.5) is 0 Å². The van der Waals surface area contributed by atoms with E-state index < -0.39 is 10.0 Å². The fourth-order valence-electron chi connectivity index (χ4n) is 4.06. The molecule has 1 fully saturated rings. The van der Waals surface area contributed by atoms with Gasteiger partial charge >= 0.3 is 0 Å². The summed E-state index contributed by atoms with van der Waals surface area (Å²) in [5, 5.41) is 2.84. The first-order chi connectivity index (χ1) is 14.3. The lowest BCUT2D eigenvalue weighted by Gasteiger charge is -2.34. The molecular weight excluding hydrogens is 404 g/mol. The highest BCUT2D eigenvalue weighted by atomic mass is 32.2. The average molecular weight is 431 g/mol. The van der Waals surface area contributed by atoms with Gasteiger partial charge in [0.05, 0.1) is 4.90 Å². The molecule has 2 aromatic carbocycles. The average Bonchev–Trinajstić information content (AvgIpc) is 3.19. The lowest BCUT2D eigenvalue weighted by atomic mass is 9.94. The summed E-state index contributed by atoms with van der Waals surface area (Å²) < 4.78 is 38.1. The van der Waals surface area contributed by atoms with Gasteiger partial charge in [-0.3, -0.25) is 4.79 Å². The van der Waals surface area contributed by atoms with Crippen molar-refractivity contribution >= 4 is 15.9 Å². The van der Waals surface area contributed by atoms with Gasteiger partial charge in [0.15, 0.2) is 11.5 Å². The third-order valence-electron chi connectivity index (χ3n) is 5.48. The number of nitrogens with zero attached hydrogens (tertiary/aromatic N) is 1. The van der Waals surface area contributed by atoms with Gasteiger partial charge in [-0.25, -0.2) is 8.42 Å². The number of piperidine rings is 1. The summed E-state index contributed by atoms with van der Waals surface area (Å²) in [6.45, 7) is 5.75. The summed E-state index contributed by atoms with van der Waals surface area (Å²) in [5.41, 5.74) is 1.30. The minimum atomic E-state index is -3.56. The maximum Gasteiger partial charge on any atom is 0.251 e. The molecule has 1 N–H and O–H groups in total. The fourth-order valence-corrected chi connectivity index (χ4v) is 5.74. The van der Waals surface area contributed by atoms with Crippen LogP contribution in [0.1, 0.15) is 36.2 Å². The first kappa shape index (κ1) is 20.7. The molecular formula is C22H26N2O5S. The van der Waals surface area contributed by atoms with Crippen molar-refractivity contribution in [3.8, 4) is 11.5 Å². The Kier molecular flexibility index (Phi) is 5.71. The zero-order valence-corrected chi connectivity index (χ0v) is 17.9. The van der Waals surface area contributed by atoms with Crippen molar-refractivity contribution in [3.05, 3.63) is 53.6 Å². The van der Waals surface area contributed by atoms with E-state index in [-0.39, 0.29) is 17.6 Å². The van der Waals surface area contributed by atoms with E-state index in [4.69, 9.17) is 9.47 Å². The van der Waals surface area contributed by atoms with Gasteiger partial charge in [-0.2, -0.15) is 4.31 Å². The zero-order chi connectivity index (χ0) is 21.3. The molecule has 2 aromatic rings. The van der Waals surface area contributed by atoms with Crippen molar-refractivity contribution in [2.45, 2.75) is 31.7 Å². The highest BCUT2D eigenvalue weighted by molar-refractivity contribution is 7.89. The molecule has 4 rings (SSSR count). The van der Waals surface area contributed by atoms with Gasteiger partial charge < -0.3 is 14.8 Å². The van der Waals surface area contributed by atoms with E-state index >= 15 is 0 Å². The summed E-state index contributed by atoms with van der Waals surface area (Å²) in [6, 6.07) is 11.6. The van der Waals surface area contributed by atoms with E-state index in [9.17, 15) is 13.2 Å². The smallest absolute Gasteiger partial charge is 0.251 e. The van der Waals surface area contributed by atoms with Crippen molar-refractivity contribution < 1.29 is 22.7 Å². The number of fused-ring (bicyclic) bond motifs is 1. The van der Waals surface area contributed by atoms with Gasteiger partial charge in [0.25, 0.3) is 5.91 Å². The molecule has 2 atom stereocenters. The van der Waals surface area contributed by atoms with Crippen LogP contribution in [0, 0.1) is 11.8 Å². The minimum absolute atomic E-state index is 0.204. The number of carbonyl (C=O) groups is 1. The maximum absolute atomic E-state index is 13.0. The summed E-state index contributed by atoms with van der Waals surface area (Å²) in [5.74, 6) is 1.77. The molecule has 0 saturated carbocycles. The summed E-state index contributed by atoms with van der Waals surface area (Å²) >= 11 is 0. The molecule has 160 valence electrons. The fraction of sp³-hybridized carbons (Fsp3) is 0.409. The lowest BCUT2D eigenvalue weighted by molar-refractivity contribution is 0.0950. The van der Waals surface area contributed by atoms with Crippen LogP contribution >= 0.6 is 0 Å². The topological polar surface area (TPSA) is 84.9 Å². The molecule has 1 saturated heterocycles. The van der Waals surface area contributed by atoms with Gasteiger partial charge in [0, 0.05) is 25.2 Å². The zero-order valence-electron chi connectivity index (χ0n) is 17.1. The summed E-state index contributed by atoms with van der Waals surface area (Å²) in [4.78, 5) is 12.7. The number of amides is 1. The van der Waals surface area contributed by atoms with Gasteiger partial charge in [-0.15, -0.1) is 0 Å². The minimum Gasteiger partial charge on any atom is -0.454 e. The van der Waals surface area contributed by atoms with Crippen molar-refractivity contribution in [1.82, 2.24) is 9.62 Å². The molecule has 0 radical (unpaired) electrons. The number of ether oxygens (including phenoxy) is 2. The first-order valence-corrected chi connectivity index (χ1v) is 11.5. The van der Waals surface area contributed by atoms with E-state index in [2.05, 4.69) is 19.2 Å². The highest BCUT2D eigenvalue weighted by Gasteiger charge is 2.31. The predicted molar refractivity (Wildman–Crippen MR) is 112 cm³/mol. The molecule has 30 heavy (non-hydrogen) atoms. The van der Waals surface area contributed by atoms with E-state index in [1.807, 2.05) is 18.2 Å². The Labute approximate surface area is 177 Å². The Balaban J connectivity index is 1.40. The summed E-state index contributed by atoms with van der Waals surface area (Å²) in [7, 11) is -3.56. The maximum atomic E-state index is 13.0. The number of hydrogen-bond donors (Lipinski definition) is 1. The van der Waals surface area contributed by atoms with Crippen LogP contribution in [-0.4, -0.2) is 38.5 Å². The first-order valence-electron chi connectivity index (χ1n) is 10.1. The van der Waals surface area contributed by atoms with E-state index in [0.29, 0.717) is 48.5 Å². The molecule has 2 aliphatic heterocycles. The van der Waals surface area contributed by atoms with Crippen molar-refractivity contribution in [2.75, 3.05) is 19.9 Å². The van der Waals surface area contributed by atoms with Crippen LogP contribution < -0.4 is 14.8 Å². The number of rotatable bonds is 5. The van der Waals surface area contributed by atoms with Crippen LogP contribution in [-0.2, 0) is 16.6 Å². The Morgan fingerprint density at radius 2 is 1.70 bits per heavy atom. The second kappa shape index (κ2) is 8.28. The second-order valence-electron chi connectivity index (χ2n) is 8.16. The van der Waals surface area contributed by atoms with Crippen molar-refractivity contribution in [2.24, 2.45) is 11.8 Å². The number of nitrogens with one attached hydrogen (secondary N) is 1. The van der Waals surface area contributed by atoms with E-state index in [0.717, 1.165) is 12.0 Å². The van der Waals surface area contributed by atoms with Crippen molar-refractivity contribution in [3.63, 3.8) is 0 Å². The largest absolute Gasteiger partial charge is 0.454 e. The van der Waals surface area contributed by atoms with Gasteiger partial charge in [0.2, 0.25) is 16.8 Å². The molecule has 0 bridgehead atoms. The third-order valence-corrected chi connectivity index (χ3v) is 7.33. The molecule has 2 heterocycles. The second-order valence-corrected chi connectivity index (χ2v) is 10.1. The molecule has 0 spiro atoms. The molecule has 0 aromatic heterocycles. The van der Waals surface area contributed by atoms with Gasteiger partial charge in [-0.05, 0) is 60.2 Å². The molecule has 8 heteroatoms. The quantitative estimate of drug-likeness (QED) is 0.788. The summed E-state index contributed by atoms with van der Waals surface area (Å²) in [6.07, 6.45) is 1.04. The predicted octanol–water partition coefficient (Wildman–Crippen LogP) is 3.01. The molecule has 7 nitrogen and oxygen atoms in total. The monoisotopic (exact) mass is 430 g/mol.